The van der Waals surface area contributed by atoms with Crippen LogP contribution in [-0.2, 0) is 6.61 Å². The fraction of sp³-hybridized carbons (Fsp3) is 0.143. The molecule has 1 aliphatic heterocycles. The molecule has 2 aromatic heterocycles. The predicted molar refractivity (Wildman–Crippen MR) is 70.5 cm³/mol. The zero-order chi connectivity index (χ0) is 13.5. The average Bonchev–Trinajstić information content (AvgIpc) is 3.11. The van der Waals surface area contributed by atoms with E-state index in [1.807, 2.05) is 30.3 Å². The van der Waals surface area contributed by atoms with E-state index in [0.29, 0.717) is 11.3 Å². The smallest absolute Gasteiger partial charge is 0.231 e. The summed E-state index contributed by atoms with van der Waals surface area (Å²) in [6, 6.07) is 9.47. The van der Waals surface area contributed by atoms with Crippen LogP contribution < -0.4 is 9.47 Å². The molecule has 6 nitrogen and oxygen atoms in total. The third-order valence-corrected chi connectivity index (χ3v) is 3.20. The van der Waals surface area contributed by atoms with Crippen molar-refractivity contribution in [3.05, 3.63) is 42.2 Å². The van der Waals surface area contributed by atoms with Gasteiger partial charge in [0.2, 0.25) is 6.79 Å². The molecule has 3 heterocycles. The summed E-state index contributed by atoms with van der Waals surface area (Å²) in [5.74, 6) is 1.48. The molecule has 1 N–H and O–H groups in total. The molecule has 0 fully saturated rings. The van der Waals surface area contributed by atoms with Crippen LogP contribution >= 0.6 is 0 Å². The Kier molecular flexibility index (Phi) is 2.37. The summed E-state index contributed by atoms with van der Waals surface area (Å²) < 4.78 is 12.3. The summed E-state index contributed by atoms with van der Waals surface area (Å²) in [6.45, 7) is 0.162. The van der Waals surface area contributed by atoms with Gasteiger partial charge in [0.15, 0.2) is 17.1 Å². The number of ether oxygens (including phenoxy) is 2. The standard InChI is InChI=1S/C14H11N3O3/c18-7-10-6-17-14(15-10)4-2-11(16-17)9-1-3-12-13(5-9)20-8-19-12/h1-6,18H,7-8H2. The topological polar surface area (TPSA) is 68.9 Å². The van der Waals surface area contributed by atoms with E-state index in [4.69, 9.17) is 14.6 Å². The second-order valence-electron chi connectivity index (χ2n) is 4.48. The van der Waals surface area contributed by atoms with Gasteiger partial charge in [0.25, 0.3) is 0 Å². The van der Waals surface area contributed by atoms with Gasteiger partial charge >= 0.3 is 0 Å². The van der Waals surface area contributed by atoms with Crippen LogP contribution in [0.15, 0.2) is 36.5 Å². The zero-order valence-electron chi connectivity index (χ0n) is 10.5. The second-order valence-corrected chi connectivity index (χ2v) is 4.48. The average molecular weight is 269 g/mol. The van der Waals surface area contributed by atoms with E-state index in [0.717, 1.165) is 22.8 Å². The Bertz CT molecular complexity index is 797. The summed E-state index contributed by atoms with van der Waals surface area (Å²) in [6.07, 6.45) is 1.71. The molecule has 0 radical (unpaired) electrons. The summed E-state index contributed by atoms with van der Waals surface area (Å²) in [5.41, 5.74) is 3.05. The quantitative estimate of drug-likeness (QED) is 0.765. The van der Waals surface area contributed by atoms with E-state index in [1.165, 1.54) is 0 Å². The maximum Gasteiger partial charge on any atom is 0.231 e. The van der Waals surface area contributed by atoms with Gasteiger partial charge < -0.3 is 14.6 Å². The predicted octanol–water partition coefficient (Wildman–Crippen LogP) is 1.62. The van der Waals surface area contributed by atoms with Gasteiger partial charge in [-0.3, -0.25) is 0 Å². The van der Waals surface area contributed by atoms with Crippen molar-refractivity contribution in [2.24, 2.45) is 0 Å². The van der Waals surface area contributed by atoms with Crippen LogP contribution in [0.5, 0.6) is 11.5 Å². The molecule has 4 rings (SSSR count). The number of imidazole rings is 1. The van der Waals surface area contributed by atoms with Crippen molar-refractivity contribution in [2.45, 2.75) is 6.61 Å². The Morgan fingerprint density at radius 3 is 2.95 bits per heavy atom. The van der Waals surface area contributed by atoms with E-state index in [-0.39, 0.29) is 13.4 Å². The fourth-order valence-electron chi connectivity index (χ4n) is 2.22. The van der Waals surface area contributed by atoms with Crippen molar-refractivity contribution < 1.29 is 14.6 Å². The summed E-state index contributed by atoms with van der Waals surface area (Å²) in [5, 5.41) is 13.6. The van der Waals surface area contributed by atoms with E-state index >= 15 is 0 Å². The van der Waals surface area contributed by atoms with Gasteiger partial charge in [-0.1, -0.05) is 0 Å². The van der Waals surface area contributed by atoms with Gasteiger partial charge in [-0.05, 0) is 30.3 Å². The maximum atomic E-state index is 9.10. The number of fused-ring (bicyclic) bond motifs is 2. The Hall–Kier alpha value is -2.60. The third kappa shape index (κ3) is 1.70. The van der Waals surface area contributed by atoms with Crippen molar-refractivity contribution in [3.8, 4) is 22.8 Å². The molecule has 3 aromatic rings. The SMILES string of the molecule is OCc1cn2nc(-c3ccc4c(c3)OCO4)ccc2n1. The highest BCUT2D eigenvalue weighted by Gasteiger charge is 2.14. The highest BCUT2D eigenvalue weighted by atomic mass is 16.7. The normalized spacial score (nSPS) is 13.1. The number of rotatable bonds is 2. The Morgan fingerprint density at radius 1 is 1.15 bits per heavy atom. The minimum absolute atomic E-state index is 0.0945. The molecule has 1 aliphatic rings. The zero-order valence-corrected chi connectivity index (χ0v) is 10.5. The first-order valence-corrected chi connectivity index (χ1v) is 6.20. The summed E-state index contributed by atoms with van der Waals surface area (Å²) in [7, 11) is 0. The molecule has 1 aromatic carbocycles. The molecule has 0 bridgehead atoms. The van der Waals surface area contributed by atoms with Crippen LogP contribution in [0.4, 0.5) is 0 Å². The molecule has 0 aliphatic carbocycles. The van der Waals surface area contributed by atoms with Gasteiger partial charge in [0, 0.05) is 5.56 Å². The van der Waals surface area contributed by atoms with Gasteiger partial charge in [-0.15, -0.1) is 0 Å². The van der Waals surface area contributed by atoms with E-state index in [1.54, 1.807) is 10.7 Å². The van der Waals surface area contributed by atoms with E-state index < -0.39 is 0 Å². The van der Waals surface area contributed by atoms with Crippen molar-refractivity contribution in [1.29, 1.82) is 0 Å². The van der Waals surface area contributed by atoms with Crippen LogP contribution in [0.2, 0.25) is 0 Å². The number of aliphatic hydroxyl groups excluding tert-OH is 1. The number of aromatic nitrogens is 3. The van der Waals surface area contributed by atoms with Crippen molar-refractivity contribution >= 4 is 5.65 Å². The van der Waals surface area contributed by atoms with Gasteiger partial charge in [-0.2, -0.15) is 5.10 Å². The molecule has 20 heavy (non-hydrogen) atoms. The van der Waals surface area contributed by atoms with Crippen LogP contribution in [0.25, 0.3) is 16.9 Å². The molecular weight excluding hydrogens is 258 g/mol. The Morgan fingerprint density at radius 2 is 2.05 bits per heavy atom. The lowest BCUT2D eigenvalue weighted by atomic mass is 10.1. The van der Waals surface area contributed by atoms with Crippen molar-refractivity contribution in [2.75, 3.05) is 6.79 Å². The lowest BCUT2D eigenvalue weighted by Gasteiger charge is -2.03. The molecule has 0 unspecified atom stereocenters. The Labute approximate surface area is 114 Å². The molecule has 0 spiro atoms. The first kappa shape index (κ1) is 11.2. The van der Waals surface area contributed by atoms with Crippen LogP contribution in [-0.4, -0.2) is 26.5 Å². The lowest BCUT2D eigenvalue weighted by molar-refractivity contribution is 0.174. The molecule has 0 atom stereocenters. The minimum Gasteiger partial charge on any atom is -0.454 e. The van der Waals surface area contributed by atoms with Gasteiger partial charge in [0.1, 0.15) is 0 Å². The highest BCUT2D eigenvalue weighted by molar-refractivity contribution is 5.65. The Balaban J connectivity index is 1.81. The van der Waals surface area contributed by atoms with Gasteiger partial charge in [0.05, 0.1) is 24.2 Å². The molecule has 100 valence electrons. The molecule has 0 amide bonds. The van der Waals surface area contributed by atoms with Crippen LogP contribution in [0.3, 0.4) is 0 Å². The highest BCUT2D eigenvalue weighted by Crippen LogP contribution is 2.35. The third-order valence-electron chi connectivity index (χ3n) is 3.20. The fourth-order valence-corrected chi connectivity index (χ4v) is 2.22. The second kappa shape index (κ2) is 4.21. The van der Waals surface area contributed by atoms with E-state index in [9.17, 15) is 0 Å². The monoisotopic (exact) mass is 269 g/mol. The number of hydrogen-bond acceptors (Lipinski definition) is 5. The number of hydrogen-bond donors (Lipinski definition) is 1. The lowest BCUT2D eigenvalue weighted by Crippen LogP contribution is -1.93. The number of benzene rings is 1. The van der Waals surface area contributed by atoms with E-state index in [2.05, 4.69) is 10.1 Å². The summed E-state index contributed by atoms with van der Waals surface area (Å²) >= 11 is 0. The van der Waals surface area contributed by atoms with Crippen LogP contribution in [0.1, 0.15) is 5.69 Å². The van der Waals surface area contributed by atoms with Gasteiger partial charge in [-0.25, -0.2) is 9.50 Å². The van der Waals surface area contributed by atoms with Crippen molar-refractivity contribution in [3.63, 3.8) is 0 Å². The van der Waals surface area contributed by atoms with Crippen molar-refractivity contribution in [1.82, 2.24) is 14.6 Å². The first-order valence-electron chi connectivity index (χ1n) is 6.20. The molecule has 6 heteroatoms. The maximum absolute atomic E-state index is 9.10. The number of aliphatic hydroxyl groups is 1. The molecule has 0 saturated carbocycles. The first-order chi connectivity index (χ1) is 9.83. The van der Waals surface area contributed by atoms with Crippen LogP contribution in [0, 0.1) is 0 Å². The molecular formula is C14H11N3O3. The minimum atomic E-state index is -0.0945. The number of nitrogens with zero attached hydrogens (tertiary/aromatic N) is 3. The molecule has 0 saturated heterocycles. The largest absolute Gasteiger partial charge is 0.454 e. The summed E-state index contributed by atoms with van der Waals surface area (Å²) in [4.78, 5) is 4.23.